The number of nitrogens with zero attached hydrogens (tertiary/aromatic N) is 1. The molecule has 0 saturated carbocycles. The van der Waals surface area contributed by atoms with Crippen molar-refractivity contribution in [3.8, 4) is 0 Å². The van der Waals surface area contributed by atoms with Crippen molar-refractivity contribution in [3.05, 3.63) is 29.8 Å². The number of nitrogens with one attached hydrogen (secondary N) is 1. The summed E-state index contributed by atoms with van der Waals surface area (Å²) in [6.45, 7) is 2.31. The molecule has 1 heterocycles. The number of para-hydroxylation sites is 1. The van der Waals surface area contributed by atoms with Gasteiger partial charge in [0.25, 0.3) is 0 Å². The third-order valence-electron chi connectivity index (χ3n) is 3.60. The second kappa shape index (κ2) is 5.55. The predicted octanol–water partition coefficient (Wildman–Crippen LogP) is 3.08. The van der Waals surface area contributed by atoms with Crippen molar-refractivity contribution in [2.45, 2.75) is 31.5 Å². The van der Waals surface area contributed by atoms with Crippen LogP contribution >= 0.6 is 0 Å². The Hall–Kier alpha value is -1.76. The fourth-order valence-electron chi connectivity index (χ4n) is 2.23. The van der Waals surface area contributed by atoms with E-state index in [1.807, 2.05) is 0 Å². The van der Waals surface area contributed by atoms with Gasteiger partial charge in [-0.2, -0.15) is 13.2 Å². The highest BCUT2D eigenvalue weighted by Gasteiger charge is 2.34. The molecule has 4 nitrogen and oxygen atoms in total. The van der Waals surface area contributed by atoms with Gasteiger partial charge in [0.15, 0.2) is 0 Å². The van der Waals surface area contributed by atoms with Crippen LogP contribution in [0.1, 0.15) is 25.3 Å². The van der Waals surface area contributed by atoms with E-state index in [1.54, 1.807) is 6.92 Å². The third-order valence-corrected chi connectivity index (χ3v) is 3.60. The van der Waals surface area contributed by atoms with E-state index < -0.39 is 23.4 Å². The smallest absolute Gasteiger partial charge is 0.390 e. The molecule has 0 aromatic heterocycles. The van der Waals surface area contributed by atoms with Gasteiger partial charge in [0.1, 0.15) is 0 Å². The number of likely N-dealkylation sites (tertiary alicyclic amines) is 1. The molecule has 116 valence electrons. The van der Waals surface area contributed by atoms with Crippen molar-refractivity contribution in [2.75, 3.05) is 18.4 Å². The summed E-state index contributed by atoms with van der Waals surface area (Å²) in [7, 11) is 0. The Bertz CT molecular complexity index is 519. The maximum Gasteiger partial charge on any atom is 0.418 e. The number of carbonyl (C=O) groups excluding carboxylic acids is 1. The van der Waals surface area contributed by atoms with Crippen LogP contribution in [0, 0.1) is 0 Å². The van der Waals surface area contributed by atoms with Crippen molar-refractivity contribution in [2.24, 2.45) is 0 Å². The van der Waals surface area contributed by atoms with Crippen LogP contribution < -0.4 is 5.32 Å². The molecule has 21 heavy (non-hydrogen) atoms. The number of aliphatic hydroxyl groups is 1. The van der Waals surface area contributed by atoms with Crippen LogP contribution in [0.5, 0.6) is 0 Å². The fraction of sp³-hybridized carbons (Fsp3) is 0.500. The molecule has 1 aromatic carbocycles. The number of anilines is 1. The summed E-state index contributed by atoms with van der Waals surface area (Å²) >= 11 is 0. The standard InChI is InChI=1S/C14H17F3N2O2/c1-13(21)6-8-19(9-7-13)12(20)18-11-5-3-2-4-10(11)14(15,16)17/h2-5,21H,6-9H2,1H3,(H,18,20). The van der Waals surface area contributed by atoms with E-state index in [2.05, 4.69) is 5.32 Å². The summed E-state index contributed by atoms with van der Waals surface area (Å²) in [4.78, 5) is 13.4. The van der Waals surface area contributed by atoms with Gasteiger partial charge in [0, 0.05) is 13.1 Å². The first-order chi connectivity index (χ1) is 9.69. The number of carbonyl (C=O) groups is 1. The first-order valence-electron chi connectivity index (χ1n) is 6.64. The Morgan fingerprint density at radius 1 is 1.29 bits per heavy atom. The van der Waals surface area contributed by atoms with E-state index in [1.165, 1.54) is 23.1 Å². The number of alkyl halides is 3. The van der Waals surface area contributed by atoms with E-state index in [9.17, 15) is 23.1 Å². The number of hydrogen-bond acceptors (Lipinski definition) is 2. The van der Waals surface area contributed by atoms with Gasteiger partial charge in [-0.15, -0.1) is 0 Å². The molecular weight excluding hydrogens is 285 g/mol. The van der Waals surface area contributed by atoms with Crippen molar-refractivity contribution >= 4 is 11.7 Å². The van der Waals surface area contributed by atoms with Crippen molar-refractivity contribution in [3.63, 3.8) is 0 Å². The van der Waals surface area contributed by atoms with E-state index in [0.29, 0.717) is 25.9 Å². The minimum absolute atomic E-state index is 0.257. The molecule has 1 aliphatic rings. The van der Waals surface area contributed by atoms with Crippen LogP contribution in [-0.2, 0) is 6.18 Å². The number of halogens is 3. The highest BCUT2D eigenvalue weighted by atomic mass is 19.4. The Kier molecular flexibility index (Phi) is 4.13. The minimum atomic E-state index is -4.52. The quantitative estimate of drug-likeness (QED) is 0.837. The number of piperidine rings is 1. The maximum atomic E-state index is 12.8. The van der Waals surface area contributed by atoms with Gasteiger partial charge in [0.2, 0.25) is 0 Å². The second-order valence-corrected chi connectivity index (χ2v) is 5.46. The van der Waals surface area contributed by atoms with Gasteiger partial charge in [-0.05, 0) is 31.9 Å². The van der Waals surface area contributed by atoms with E-state index in [0.717, 1.165) is 6.07 Å². The van der Waals surface area contributed by atoms with Crippen LogP contribution in [-0.4, -0.2) is 34.7 Å². The van der Waals surface area contributed by atoms with Gasteiger partial charge < -0.3 is 15.3 Å². The van der Waals surface area contributed by atoms with Crippen molar-refractivity contribution < 1.29 is 23.1 Å². The highest BCUT2D eigenvalue weighted by molar-refractivity contribution is 5.90. The third kappa shape index (κ3) is 3.87. The molecule has 2 amide bonds. The van der Waals surface area contributed by atoms with Crippen molar-refractivity contribution in [1.29, 1.82) is 0 Å². The van der Waals surface area contributed by atoms with Crippen molar-refractivity contribution in [1.82, 2.24) is 4.90 Å². The maximum absolute atomic E-state index is 12.8. The molecule has 1 saturated heterocycles. The minimum Gasteiger partial charge on any atom is -0.390 e. The second-order valence-electron chi connectivity index (χ2n) is 5.46. The number of benzene rings is 1. The molecule has 2 N–H and O–H groups in total. The summed E-state index contributed by atoms with van der Waals surface area (Å²) in [6, 6.07) is 4.28. The molecule has 0 unspecified atom stereocenters. The van der Waals surface area contributed by atoms with Crippen LogP contribution in [0.4, 0.5) is 23.7 Å². The summed E-state index contributed by atoms with van der Waals surface area (Å²) < 4.78 is 38.5. The summed E-state index contributed by atoms with van der Waals surface area (Å²) in [5, 5.41) is 12.1. The average molecular weight is 302 g/mol. The lowest BCUT2D eigenvalue weighted by Gasteiger charge is -2.35. The van der Waals surface area contributed by atoms with Gasteiger partial charge in [-0.1, -0.05) is 12.1 Å². The lowest BCUT2D eigenvalue weighted by Crippen LogP contribution is -2.46. The van der Waals surface area contributed by atoms with Crippen LogP contribution in [0.25, 0.3) is 0 Å². The van der Waals surface area contributed by atoms with Gasteiger partial charge in [-0.3, -0.25) is 0 Å². The molecule has 0 spiro atoms. The normalized spacial score (nSPS) is 18.4. The zero-order valence-electron chi connectivity index (χ0n) is 11.6. The van der Waals surface area contributed by atoms with Gasteiger partial charge in [-0.25, -0.2) is 4.79 Å². The molecule has 1 aromatic rings. The molecule has 0 atom stereocenters. The van der Waals surface area contributed by atoms with Crippen LogP contribution in [0.3, 0.4) is 0 Å². The van der Waals surface area contributed by atoms with Crippen LogP contribution in [0.2, 0.25) is 0 Å². The van der Waals surface area contributed by atoms with E-state index in [-0.39, 0.29) is 5.69 Å². The molecule has 1 fully saturated rings. The number of rotatable bonds is 1. The molecule has 7 heteroatoms. The van der Waals surface area contributed by atoms with Gasteiger partial charge in [0.05, 0.1) is 16.9 Å². The van der Waals surface area contributed by atoms with E-state index in [4.69, 9.17) is 0 Å². The average Bonchev–Trinajstić information content (AvgIpc) is 2.37. The zero-order valence-corrected chi connectivity index (χ0v) is 11.6. The summed E-state index contributed by atoms with van der Waals surface area (Å²) in [5.41, 5.74) is -1.95. The topological polar surface area (TPSA) is 52.6 Å². The molecule has 1 aliphatic heterocycles. The van der Waals surface area contributed by atoms with Gasteiger partial charge >= 0.3 is 12.2 Å². The monoisotopic (exact) mass is 302 g/mol. The fourth-order valence-corrected chi connectivity index (χ4v) is 2.23. The highest BCUT2D eigenvalue weighted by Crippen LogP contribution is 2.34. The Morgan fingerprint density at radius 3 is 2.43 bits per heavy atom. The first kappa shape index (κ1) is 15.6. The molecule has 0 bridgehead atoms. The summed E-state index contributed by atoms with van der Waals surface area (Å²) in [6.07, 6.45) is -3.71. The van der Waals surface area contributed by atoms with Crippen LogP contribution in [0.15, 0.2) is 24.3 Å². The Labute approximate surface area is 120 Å². The number of amides is 2. The molecule has 0 radical (unpaired) electrons. The largest absolute Gasteiger partial charge is 0.418 e. The lowest BCUT2D eigenvalue weighted by molar-refractivity contribution is -0.136. The van der Waals surface area contributed by atoms with E-state index >= 15 is 0 Å². The number of hydrogen-bond donors (Lipinski definition) is 2. The lowest BCUT2D eigenvalue weighted by atomic mass is 9.94. The zero-order chi connectivity index (χ0) is 15.7. The molecule has 0 aliphatic carbocycles. The molecule has 2 rings (SSSR count). The molecular formula is C14H17F3N2O2. The number of urea groups is 1. The SMILES string of the molecule is CC1(O)CCN(C(=O)Nc2ccccc2C(F)(F)F)CC1. The summed E-state index contributed by atoms with van der Waals surface area (Å²) in [5.74, 6) is 0. The predicted molar refractivity (Wildman–Crippen MR) is 71.9 cm³/mol. The Morgan fingerprint density at radius 2 is 1.86 bits per heavy atom. The Balaban J connectivity index is 2.07. The first-order valence-corrected chi connectivity index (χ1v) is 6.64.